The average molecular weight is 253 g/mol. The van der Waals surface area contributed by atoms with Crippen LogP contribution in [-0.4, -0.2) is 56.1 Å². The number of likely N-dealkylation sites (tertiary alicyclic amines) is 1. The van der Waals surface area contributed by atoms with Gasteiger partial charge in [0, 0.05) is 25.6 Å². The van der Waals surface area contributed by atoms with Crippen molar-refractivity contribution in [3.05, 3.63) is 11.9 Å². The van der Waals surface area contributed by atoms with E-state index in [2.05, 4.69) is 10.3 Å². The molecule has 1 saturated heterocycles. The fourth-order valence-electron chi connectivity index (χ4n) is 2.09. The summed E-state index contributed by atoms with van der Waals surface area (Å²) in [4.78, 5) is 13.8. The summed E-state index contributed by atoms with van der Waals surface area (Å²) in [5.41, 5.74) is 4.87. The van der Waals surface area contributed by atoms with Gasteiger partial charge in [-0.15, -0.1) is 5.10 Å². The van der Waals surface area contributed by atoms with Crippen molar-refractivity contribution in [1.29, 1.82) is 0 Å². The summed E-state index contributed by atoms with van der Waals surface area (Å²) >= 11 is 0. The van der Waals surface area contributed by atoms with Gasteiger partial charge < -0.3 is 15.7 Å². The van der Waals surface area contributed by atoms with Gasteiger partial charge in [-0.2, -0.15) is 0 Å². The molecule has 0 saturated carbocycles. The molecular formula is C11H19N5O2. The second kappa shape index (κ2) is 4.66. The second-order valence-corrected chi connectivity index (χ2v) is 5.10. The van der Waals surface area contributed by atoms with Crippen molar-refractivity contribution in [3.63, 3.8) is 0 Å². The van der Waals surface area contributed by atoms with Crippen LogP contribution in [0, 0.1) is 5.92 Å². The van der Waals surface area contributed by atoms with Crippen LogP contribution >= 0.6 is 0 Å². The lowest BCUT2D eigenvalue weighted by atomic mass is 9.95. The summed E-state index contributed by atoms with van der Waals surface area (Å²) in [5, 5.41) is 17.7. The van der Waals surface area contributed by atoms with E-state index in [0.29, 0.717) is 31.9 Å². The van der Waals surface area contributed by atoms with E-state index in [1.54, 1.807) is 22.7 Å². The molecule has 18 heavy (non-hydrogen) atoms. The second-order valence-electron chi connectivity index (χ2n) is 5.10. The van der Waals surface area contributed by atoms with Crippen LogP contribution in [0.5, 0.6) is 0 Å². The fraction of sp³-hybridized carbons (Fsp3) is 0.727. The van der Waals surface area contributed by atoms with Gasteiger partial charge in [-0.25, -0.2) is 0 Å². The Kier molecular flexibility index (Phi) is 3.36. The first kappa shape index (κ1) is 13.0. The van der Waals surface area contributed by atoms with Crippen molar-refractivity contribution >= 4 is 5.91 Å². The average Bonchev–Trinajstić information content (AvgIpc) is 2.85. The van der Waals surface area contributed by atoms with Gasteiger partial charge in [-0.3, -0.25) is 9.48 Å². The van der Waals surface area contributed by atoms with E-state index in [1.165, 1.54) is 0 Å². The van der Waals surface area contributed by atoms with Crippen molar-refractivity contribution in [1.82, 2.24) is 19.9 Å². The van der Waals surface area contributed by atoms with Crippen molar-refractivity contribution < 1.29 is 9.90 Å². The van der Waals surface area contributed by atoms with Gasteiger partial charge in [-0.05, 0) is 6.92 Å². The standard InChI is InChI=1S/C11H19N5O2/c1-8-5-15(7-11(8,2)18)10(17)9-6-16(4-3-12)14-13-9/h6,8,18H,3-5,7,12H2,1-2H3/t8-,11+/m1/s1. The van der Waals surface area contributed by atoms with Crippen molar-refractivity contribution in [2.45, 2.75) is 26.0 Å². The summed E-state index contributed by atoms with van der Waals surface area (Å²) in [7, 11) is 0. The quantitative estimate of drug-likeness (QED) is 0.726. The lowest BCUT2D eigenvalue weighted by molar-refractivity contribution is 0.0350. The maximum atomic E-state index is 12.2. The van der Waals surface area contributed by atoms with Gasteiger partial charge in [0.05, 0.1) is 18.3 Å². The summed E-state index contributed by atoms with van der Waals surface area (Å²) in [6, 6.07) is 0. The van der Waals surface area contributed by atoms with Crippen LogP contribution < -0.4 is 5.73 Å². The van der Waals surface area contributed by atoms with Crippen LogP contribution in [0.15, 0.2) is 6.20 Å². The van der Waals surface area contributed by atoms with E-state index < -0.39 is 5.60 Å². The number of β-amino-alcohol motifs (C(OH)–C–C–N with tert-alkyl or cyclic N) is 1. The van der Waals surface area contributed by atoms with Gasteiger partial charge >= 0.3 is 0 Å². The van der Waals surface area contributed by atoms with E-state index in [4.69, 9.17) is 5.73 Å². The smallest absolute Gasteiger partial charge is 0.276 e. The number of aromatic nitrogens is 3. The highest BCUT2D eigenvalue weighted by molar-refractivity contribution is 5.92. The Bertz CT molecular complexity index is 442. The molecule has 1 aliphatic rings. The lowest BCUT2D eigenvalue weighted by Crippen LogP contribution is -2.35. The van der Waals surface area contributed by atoms with Gasteiger partial charge in [0.25, 0.3) is 5.91 Å². The maximum Gasteiger partial charge on any atom is 0.276 e. The Morgan fingerprint density at radius 2 is 2.44 bits per heavy atom. The highest BCUT2D eigenvalue weighted by Crippen LogP contribution is 2.27. The molecular weight excluding hydrogens is 234 g/mol. The Labute approximate surface area is 106 Å². The number of amides is 1. The lowest BCUT2D eigenvalue weighted by Gasteiger charge is -2.20. The number of aliphatic hydroxyl groups is 1. The zero-order valence-electron chi connectivity index (χ0n) is 10.7. The molecule has 2 heterocycles. The Morgan fingerprint density at radius 1 is 1.72 bits per heavy atom. The molecule has 2 atom stereocenters. The summed E-state index contributed by atoms with van der Waals surface area (Å²) in [6.45, 7) is 5.53. The number of nitrogens with two attached hydrogens (primary N) is 1. The topological polar surface area (TPSA) is 97.3 Å². The number of rotatable bonds is 3. The number of carbonyl (C=O) groups is 1. The first-order valence-corrected chi connectivity index (χ1v) is 6.06. The first-order valence-electron chi connectivity index (χ1n) is 6.06. The highest BCUT2D eigenvalue weighted by atomic mass is 16.3. The molecule has 0 spiro atoms. The zero-order valence-corrected chi connectivity index (χ0v) is 10.7. The van der Waals surface area contributed by atoms with Gasteiger partial charge in [0.1, 0.15) is 0 Å². The van der Waals surface area contributed by atoms with E-state index in [0.717, 1.165) is 0 Å². The molecule has 0 bridgehead atoms. The molecule has 1 amide bonds. The molecule has 100 valence electrons. The zero-order chi connectivity index (χ0) is 13.3. The van der Waals surface area contributed by atoms with Crippen LogP contribution in [0.3, 0.4) is 0 Å². The normalized spacial score (nSPS) is 27.8. The van der Waals surface area contributed by atoms with E-state index in [9.17, 15) is 9.90 Å². The molecule has 0 aliphatic carbocycles. The van der Waals surface area contributed by atoms with Crippen molar-refractivity contribution in [3.8, 4) is 0 Å². The van der Waals surface area contributed by atoms with Crippen LogP contribution in [0.1, 0.15) is 24.3 Å². The maximum absolute atomic E-state index is 12.2. The van der Waals surface area contributed by atoms with E-state index in [-0.39, 0.29) is 11.8 Å². The minimum atomic E-state index is -0.830. The molecule has 1 aliphatic heterocycles. The molecule has 0 radical (unpaired) electrons. The highest BCUT2D eigenvalue weighted by Gasteiger charge is 2.41. The minimum absolute atomic E-state index is 0.0561. The molecule has 7 nitrogen and oxygen atoms in total. The molecule has 2 rings (SSSR count). The van der Waals surface area contributed by atoms with Crippen LogP contribution in [0.2, 0.25) is 0 Å². The molecule has 3 N–H and O–H groups in total. The van der Waals surface area contributed by atoms with Crippen molar-refractivity contribution in [2.24, 2.45) is 11.7 Å². The Balaban J connectivity index is 2.08. The minimum Gasteiger partial charge on any atom is -0.388 e. The first-order chi connectivity index (χ1) is 8.44. The third kappa shape index (κ3) is 2.37. The van der Waals surface area contributed by atoms with Gasteiger partial charge in [-0.1, -0.05) is 12.1 Å². The molecule has 0 unspecified atom stereocenters. The fourth-order valence-corrected chi connectivity index (χ4v) is 2.09. The third-order valence-electron chi connectivity index (χ3n) is 3.47. The SMILES string of the molecule is C[C@@H]1CN(C(=O)c2cn(CCN)nn2)C[C@]1(C)O. The van der Waals surface area contributed by atoms with Crippen LogP contribution in [0.25, 0.3) is 0 Å². The molecule has 0 aromatic carbocycles. The van der Waals surface area contributed by atoms with E-state index >= 15 is 0 Å². The number of hydrogen-bond acceptors (Lipinski definition) is 5. The monoisotopic (exact) mass is 253 g/mol. The van der Waals surface area contributed by atoms with Crippen LogP contribution in [0.4, 0.5) is 0 Å². The Hall–Kier alpha value is -1.47. The Morgan fingerprint density at radius 3 is 3.00 bits per heavy atom. The van der Waals surface area contributed by atoms with Crippen LogP contribution in [-0.2, 0) is 6.54 Å². The molecule has 1 aromatic rings. The number of carbonyl (C=O) groups excluding carboxylic acids is 1. The van der Waals surface area contributed by atoms with Gasteiger partial charge in [0.15, 0.2) is 5.69 Å². The summed E-state index contributed by atoms with van der Waals surface area (Å²) in [5.74, 6) is -0.136. The van der Waals surface area contributed by atoms with Gasteiger partial charge in [0.2, 0.25) is 0 Å². The molecule has 7 heteroatoms. The largest absolute Gasteiger partial charge is 0.388 e. The van der Waals surface area contributed by atoms with E-state index in [1.807, 2.05) is 6.92 Å². The summed E-state index contributed by atoms with van der Waals surface area (Å²) < 4.78 is 1.55. The number of nitrogens with zero attached hydrogens (tertiary/aromatic N) is 4. The predicted molar refractivity (Wildman–Crippen MR) is 64.8 cm³/mol. The predicted octanol–water partition coefficient (Wildman–Crippen LogP) is -0.920. The van der Waals surface area contributed by atoms with Crippen molar-refractivity contribution in [2.75, 3.05) is 19.6 Å². The summed E-state index contributed by atoms with van der Waals surface area (Å²) in [6.07, 6.45) is 1.59. The third-order valence-corrected chi connectivity index (χ3v) is 3.47. The number of hydrogen-bond donors (Lipinski definition) is 2. The molecule has 1 aromatic heterocycles. The molecule has 1 fully saturated rings.